The third-order valence-electron chi connectivity index (χ3n) is 1.64. The van der Waals surface area contributed by atoms with Crippen molar-refractivity contribution in [3.8, 4) is 0 Å². The summed E-state index contributed by atoms with van der Waals surface area (Å²) in [4.78, 5) is 0. The van der Waals surface area contributed by atoms with Gasteiger partial charge in [0.05, 0.1) is 5.57 Å². The van der Waals surface area contributed by atoms with E-state index in [0.717, 1.165) is 6.08 Å². The van der Waals surface area contributed by atoms with Gasteiger partial charge in [-0.1, -0.05) is 52.8 Å². The van der Waals surface area contributed by atoms with Crippen molar-refractivity contribution in [2.45, 2.75) is 47.2 Å². The lowest BCUT2D eigenvalue weighted by atomic mass is 9.98. The van der Waals surface area contributed by atoms with E-state index in [-0.39, 0.29) is 5.92 Å². The van der Waals surface area contributed by atoms with Crippen LogP contribution in [0.2, 0.25) is 0 Å². The summed E-state index contributed by atoms with van der Waals surface area (Å²) in [5, 5.41) is 0. The molecule has 0 bridgehead atoms. The first-order valence-electron chi connectivity index (χ1n) is 5.45. The van der Waals surface area contributed by atoms with Gasteiger partial charge in [-0.05, 0) is 12.3 Å². The molecule has 1 aliphatic carbocycles. The van der Waals surface area contributed by atoms with Gasteiger partial charge in [-0.3, -0.25) is 0 Å². The van der Waals surface area contributed by atoms with Gasteiger partial charge in [0.1, 0.15) is 0 Å². The molecular formula is C12H21F3. The van der Waals surface area contributed by atoms with E-state index in [1.807, 2.05) is 34.6 Å². The second kappa shape index (κ2) is 8.57. The van der Waals surface area contributed by atoms with Gasteiger partial charge in [0, 0.05) is 0 Å². The Balaban J connectivity index is 0. The van der Waals surface area contributed by atoms with Gasteiger partial charge in [-0.2, -0.15) is 13.2 Å². The van der Waals surface area contributed by atoms with Gasteiger partial charge in [0.25, 0.3) is 0 Å². The van der Waals surface area contributed by atoms with Crippen LogP contribution < -0.4 is 0 Å². The van der Waals surface area contributed by atoms with E-state index in [9.17, 15) is 13.2 Å². The van der Waals surface area contributed by atoms with E-state index < -0.39 is 11.7 Å². The van der Waals surface area contributed by atoms with E-state index in [1.165, 1.54) is 6.08 Å². The Labute approximate surface area is 90.9 Å². The van der Waals surface area contributed by atoms with Gasteiger partial charge >= 0.3 is 6.18 Å². The molecule has 0 fully saturated rings. The molecule has 0 amide bonds. The predicted molar refractivity (Wildman–Crippen MR) is 59.8 cm³/mol. The molecule has 0 nitrogen and oxygen atoms in total. The normalized spacial score (nSPS) is 19.2. The smallest absolute Gasteiger partial charge is 0.166 e. The number of rotatable bonds is 0. The van der Waals surface area contributed by atoms with Crippen molar-refractivity contribution >= 4 is 0 Å². The maximum absolute atomic E-state index is 11.9. The second-order valence-electron chi connectivity index (χ2n) is 2.73. The summed E-state index contributed by atoms with van der Waals surface area (Å²) < 4.78 is 35.8. The first-order chi connectivity index (χ1) is 7.00. The maximum Gasteiger partial charge on any atom is 0.416 e. The second-order valence-corrected chi connectivity index (χ2v) is 2.73. The molecule has 3 heteroatoms. The van der Waals surface area contributed by atoms with E-state index in [1.54, 1.807) is 6.08 Å². The SMILES string of the molecule is CC.CC.CC1C=CC(C(F)(F)F)=CC1. The molecule has 0 aromatic rings. The summed E-state index contributed by atoms with van der Waals surface area (Å²) >= 11 is 0. The van der Waals surface area contributed by atoms with Crippen molar-refractivity contribution in [1.82, 2.24) is 0 Å². The van der Waals surface area contributed by atoms with Gasteiger partial charge in [0.2, 0.25) is 0 Å². The standard InChI is InChI=1S/C8H9F3.2C2H6/c1-6-2-4-7(5-3-6)8(9,10)11;2*1-2/h2,4-6H,3H2,1H3;2*1-2H3. The van der Waals surface area contributed by atoms with Crippen LogP contribution in [0.25, 0.3) is 0 Å². The zero-order valence-electron chi connectivity index (χ0n) is 10.2. The molecule has 90 valence electrons. The molecule has 0 radical (unpaired) electrons. The molecule has 0 aliphatic heterocycles. The molecule has 1 atom stereocenters. The molecule has 0 N–H and O–H groups in total. The molecule has 0 saturated carbocycles. The van der Waals surface area contributed by atoms with Gasteiger partial charge in [-0.15, -0.1) is 0 Å². The first kappa shape index (κ1) is 16.7. The van der Waals surface area contributed by atoms with Gasteiger partial charge in [0.15, 0.2) is 0 Å². The van der Waals surface area contributed by atoms with Crippen LogP contribution in [-0.2, 0) is 0 Å². The summed E-state index contributed by atoms with van der Waals surface area (Å²) in [6.07, 6.45) is 0.295. The van der Waals surface area contributed by atoms with Crippen LogP contribution in [-0.4, -0.2) is 6.18 Å². The summed E-state index contributed by atoms with van der Waals surface area (Å²) in [7, 11) is 0. The number of allylic oxidation sites excluding steroid dienone is 4. The van der Waals surface area contributed by atoms with Crippen LogP contribution in [0, 0.1) is 5.92 Å². The lowest BCUT2D eigenvalue weighted by Gasteiger charge is -2.13. The average Bonchev–Trinajstić information content (AvgIpc) is 2.23. The minimum Gasteiger partial charge on any atom is -0.166 e. The van der Waals surface area contributed by atoms with Crippen LogP contribution in [0.4, 0.5) is 13.2 Å². The number of halogens is 3. The zero-order valence-corrected chi connectivity index (χ0v) is 10.2. The summed E-state index contributed by atoms with van der Waals surface area (Å²) in [6.45, 7) is 9.89. The molecular weight excluding hydrogens is 201 g/mol. The molecule has 1 unspecified atom stereocenters. The van der Waals surface area contributed by atoms with Crippen molar-refractivity contribution in [2.24, 2.45) is 5.92 Å². The van der Waals surface area contributed by atoms with Crippen LogP contribution in [0.5, 0.6) is 0 Å². The fourth-order valence-electron chi connectivity index (χ4n) is 0.938. The lowest BCUT2D eigenvalue weighted by Crippen LogP contribution is -2.12. The van der Waals surface area contributed by atoms with Crippen molar-refractivity contribution < 1.29 is 13.2 Å². The molecule has 0 spiro atoms. The largest absolute Gasteiger partial charge is 0.416 e. The Bertz CT molecular complexity index is 199. The number of hydrogen-bond donors (Lipinski definition) is 0. The number of alkyl halides is 3. The molecule has 0 aromatic carbocycles. The van der Waals surface area contributed by atoms with Gasteiger partial charge < -0.3 is 0 Å². The molecule has 1 aliphatic rings. The van der Waals surface area contributed by atoms with Crippen LogP contribution in [0.3, 0.4) is 0 Å². The van der Waals surface area contributed by atoms with E-state index in [0.29, 0.717) is 6.42 Å². The molecule has 0 aromatic heterocycles. The van der Waals surface area contributed by atoms with Crippen LogP contribution in [0.15, 0.2) is 23.8 Å². The van der Waals surface area contributed by atoms with Crippen molar-refractivity contribution in [3.05, 3.63) is 23.8 Å². The van der Waals surface area contributed by atoms with E-state index in [4.69, 9.17) is 0 Å². The highest BCUT2D eigenvalue weighted by molar-refractivity contribution is 5.27. The predicted octanol–water partition coefficient (Wildman–Crippen LogP) is 5.12. The quantitative estimate of drug-likeness (QED) is 0.533. The Morgan fingerprint density at radius 3 is 1.87 bits per heavy atom. The van der Waals surface area contributed by atoms with Gasteiger partial charge in [-0.25, -0.2) is 0 Å². The topological polar surface area (TPSA) is 0 Å². The Hall–Kier alpha value is -0.730. The first-order valence-corrected chi connectivity index (χ1v) is 5.45. The molecule has 1 rings (SSSR count). The molecule has 15 heavy (non-hydrogen) atoms. The van der Waals surface area contributed by atoms with Crippen LogP contribution >= 0.6 is 0 Å². The summed E-state index contributed by atoms with van der Waals surface area (Å²) in [5.74, 6) is 0.237. The zero-order chi connectivity index (χ0) is 12.5. The number of hydrogen-bond acceptors (Lipinski definition) is 0. The highest BCUT2D eigenvalue weighted by Crippen LogP contribution is 2.30. The highest BCUT2D eigenvalue weighted by atomic mass is 19.4. The van der Waals surface area contributed by atoms with E-state index >= 15 is 0 Å². The van der Waals surface area contributed by atoms with Crippen LogP contribution in [0.1, 0.15) is 41.0 Å². The monoisotopic (exact) mass is 222 g/mol. The Kier molecular flexibility index (Phi) is 9.53. The van der Waals surface area contributed by atoms with Crippen molar-refractivity contribution in [1.29, 1.82) is 0 Å². The highest BCUT2D eigenvalue weighted by Gasteiger charge is 2.32. The third kappa shape index (κ3) is 7.23. The van der Waals surface area contributed by atoms with E-state index in [2.05, 4.69) is 0 Å². The minimum absolute atomic E-state index is 0.237. The lowest BCUT2D eigenvalue weighted by molar-refractivity contribution is -0.0887. The minimum atomic E-state index is -4.17. The Morgan fingerprint density at radius 1 is 1.13 bits per heavy atom. The molecule has 0 saturated heterocycles. The van der Waals surface area contributed by atoms with Crippen molar-refractivity contribution in [2.75, 3.05) is 0 Å². The summed E-state index contributed by atoms with van der Waals surface area (Å²) in [5.41, 5.74) is -0.518. The third-order valence-corrected chi connectivity index (χ3v) is 1.64. The fourth-order valence-corrected chi connectivity index (χ4v) is 0.938. The van der Waals surface area contributed by atoms with Crippen molar-refractivity contribution in [3.63, 3.8) is 0 Å². The summed E-state index contributed by atoms with van der Waals surface area (Å²) in [6, 6.07) is 0. The molecule has 0 heterocycles. The maximum atomic E-state index is 11.9. The Morgan fingerprint density at radius 2 is 1.60 bits per heavy atom. The fraction of sp³-hybridized carbons (Fsp3) is 0.667. The average molecular weight is 222 g/mol.